The molecule has 0 amide bonds. The molecule has 6 heteroatoms. The molecule has 0 aromatic rings. The van der Waals surface area contributed by atoms with E-state index in [1.807, 2.05) is 6.92 Å². The summed E-state index contributed by atoms with van der Waals surface area (Å²) in [7, 11) is 0. The SMILES string of the molecule is CCCCCCC(=O)OOC(=O)[C](CCCCC)=[V]=[O]. The van der Waals surface area contributed by atoms with E-state index in [9.17, 15) is 13.3 Å². The zero-order valence-electron chi connectivity index (χ0n) is 12.4. The number of carbonyl (C=O) groups is 2. The van der Waals surface area contributed by atoms with Gasteiger partial charge in [-0.3, -0.25) is 0 Å². The van der Waals surface area contributed by atoms with Crippen molar-refractivity contribution in [3.8, 4) is 0 Å². The Morgan fingerprint density at radius 3 is 2.05 bits per heavy atom. The Balaban J connectivity index is 3.89. The maximum atomic E-state index is 11.5. The van der Waals surface area contributed by atoms with Crippen molar-refractivity contribution in [2.75, 3.05) is 0 Å². The first kappa shape index (κ1) is 19.2. The Morgan fingerprint density at radius 1 is 0.850 bits per heavy atom. The van der Waals surface area contributed by atoms with Gasteiger partial charge < -0.3 is 0 Å². The van der Waals surface area contributed by atoms with Gasteiger partial charge in [0.2, 0.25) is 0 Å². The van der Waals surface area contributed by atoms with Crippen molar-refractivity contribution in [1.29, 1.82) is 0 Å². The molecule has 0 aromatic heterocycles. The van der Waals surface area contributed by atoms with Gasteiger partial charge in [-0.25, -0.2) is 0 Å². The molecule has 5 nitrogen and oxygen atoms in total. The van der Waals surface area contributed by atoms with E-state index in [0.717, 1.165) is 44.9 Å². The normalized spacial score (nSPS) is 9.70. The van der Waals surface area contributed by atoms with Gasteiger partial charge in [0.15, 0.2) is 0 Å². The zero-order valence-corrected chi connectivity index (χ0v) is 13.7. The summed E-state index contributed by atoms with van der Waals surface area (Å²) in [5.74, 6) is -1.32. The molecule has 0 atom stereocenters. The van der Waals surface area contributed by atoms with E-state index in [4.69, 9.17) is 0 Å². The molecule has 0 aromatic carbocycles. The number of carbonyl (C=O) groups excluding carboxylic acids is 2. The molecule has 0 aliphatic heterocycles. The van der Waals surface area contributed by atoms with Gasteiger partial charge >= 0.3 is 127 Å². The van der Waals surface area contributed by atoms with Gasteiger partial charge in [-0.1, -0.05) is 0 Å². The molecule has 0 rings (SSSR count). The van der Waals surface area contributed by atoms with Crippen molar-refractivity contribution >= 4 is 16.2 Å². The van der Waals surface area contributed by atoms with Gasteiger partial charge in [0.1, 0.15) is 0 Å². The molecule has 0 heterocycles. The van der Waals surface area contributed by atoms with Gasteiger partial charge in [0.25, 0.3) is 0 Å². The van der Waals surface area contributed by atoms with Crippen molar-refractivity contribution in [1.82, 2.24) is 0 Å². The fraction of sp³-hybridized carbons (Fsp3) is 0.786. The molecule has 0 bridgehead atoms. The third kappa shape index (κ3) is 10.0. The van der Waals surface area contributed by atoms with Gasteiger partial charge in [-0.05, 0) is 0 Å². The van der Waals surface area contributed by atoms with E-state index in [1.54, 1.807) is 0 Å². The van der Waals surface area contributed by atoms with E-state index < -0.39 is 27.7 Å². The Labute approximate surface area is 127 Å². The van der Waals surface area contributed by atoms with Crippen LogP contribution in [0, 0.1) is 0 Å². The zero-order chi connectivity index (χ0) is 15.2. The van der Waals surface area contributed by atoms with Gasteiger partial charge in [0, 0.05) is 0 Å². The first-order chi connectivity index (χ1) is 9.65. The second-order valence-corrected chi connectivity index (χ2v) is 5.76. The number of hydrogen-bond donors (Lipinski definition) is 0. The molecule has 0 saturated heterocycles. The fourth-order valence-corrected chi connectivity index (χ4v) is 2.16. The number of rotatable bonds is 10. The average molecular weight is 323 g/mol. The van der Waals surface area contributed by atoms with Gasteiger partial charge in [0.05, 0.1) is 0 Å². The molecule has 20 heavy (non-hydrogen) atoms. The van der Waals surface area contributed by atoms with Crippen LogP contribution in [-0.2, 0) is 38.8 Å². The summed E-state index contributed by atoms with van der Waals surface area (Å²) in [6, 6.07) is 0. The monoisotopic (exact) mass is 323 g/mol. The molecular weight excluding hydrogens is 299 g/mol. The van der Waals surface area contributed by atoms with Crippen LogP contribution in [0.4, 0.5) is 0 Å². The minimum absolute atomic E-state index is 0.230. The van der Waals surface area contributed by atoms with E-state index >= 15 is 0 Å². The molecule has 0 aliphatic rings. The van der Waals surface area contributed by atoms with Crippen molar-refractivity contribution in [2.24, 2.45) is 0 Å². The van der Waals surface area contributed by atoms with Crippen molar-refractivity contribution < 1.29 is 38.8 Å². The van der Waals surface area contributed by atoms with Crippen molar-refractivity contribution in [2.45, 2.75) is 71.6 Å². The fourth-order valence-electron chi connectivity index (χ4n) is 1.60. The first-order valence-electron chi connectivity index (χ1n) is 7.26. The Kier molecular flexibility index (Phi) is 12.7. The number of hydrogen-bond acceptors (Lipinski definition) is 5. The molecule has 0 unspecified atom stereocenters. The minimum atomic E-state index is -1.42. The second kappa shape index (κ2) is 13.2. The number of unbranched alkanes of at least 4 members (excludes halogenated alkanes) is 5. The maximum absolute atomic E-state index is 11.5. The van der Waals surface area contributed by atoms with E-state index in [-0.39, 0.29) is 10.6 Å². The Bertz CT molecular complexity index is 347. The van der Waals surface area contributed by atoms with Crippen LogP contribution in [-0.4, -0.2) is 16.2 Å². The molecule has 0 saturated carbocycles. The molecular formula is C14H24O5V. The topological polar surface area (TPSA) is 69.7 Å². The van der Waals surface area contributed by atoms with Crippen LogP contribution in [0.3, 0.4) is 0 Å². The summed E-state index contributed by atoms with van der Waals surface area (Å²) in [5, 5.41) is 0. The van der Waals surface area contributed by atoms with E-state index in [2.05, 4.69) is 16.7 Å². The van der Waals surface area contributed by atoms with Crippen LogP contribution in [0.25, 0.3) is 0 Å². The first-order valence-corrected chi connectivity index (χ1v) is 8.53. The second-order valence-electron chi connectivity index (χ2n) is 4.63. The van der Waals surface area contributed by atoms with Gasteiger partial charge in [-0.15, -0.1) is 0 Å². The van der Waals surface area contributed by atoms with Crippen LogP contribution >= 0.6 is 0 Å². The van der Waals surface area contributed by atoms with Crippen LogP contribution in [0.5, 0.6) is 0 Å². The summed E-state index contributed by atoms with van der Waals surface area (Å²) in [4.78, 5) is 31.7. The third-order valence-corrected chi connectivity index (χ3v) is 3.79. The van der Waals surface area contributed by atoms with Crippen LogP contribution in [0.1, 0.15) is 71.6 Å². The van der Waals surface area contributed by atoms with Crippen LogP contribution in [0.2, 0.25) is 0 Å². The average Bonchev–Trinajstić information content (AvgIpc) is 2.45. The quantitative estimate of drug-likeness (QED) is 0.351. The van der Waals surface area contributed by atoms with E-state index in [1.165, 1.54) is 0 Å². The predicted molar refractivity (Wildman–Crippen MR) is 70.8 cm³/mol. The summed E-state index contributed by atoms with van der Waals surface area (Å²) < 4.78 is 11.2. The van der Waals surface area contributed by atoms with Crippen molar-refractivity contribution in [3.63, 3.8) is 0 Å². The van der Waals surface area contributed by atoms with Crippen molar-refractivity contribution in [3.05, 3.63) is 0 Å². The van der Waals surface area contributed by atoms with Gasteiger partial charge in [-0.2, -0.15) is 0 Å². The summed E-state index contributed by atoms with van der Waals surface area (Å²) >= 11 is -1.42. The molecule has 0 fully saturated rings. The molecule has 0 aliphatic carbocycles. The molecule has 0 N–H and O–H groups in total. The molecule has 0 spiro atoms. The summed E-state index contributed by atoms with van der Waals surface area (Å²) in [6.45, 7) is 4.13. The van der Waals surface area contributed by atoms with E-state index in [0.29, 0.717) is 6.42 Å². The Morgan fingerprint density at radius 2 is 1.45 bits per heavy atom. The third-order valence-electron chi connectivity index (χ3n) is 2.81. The molecule has 0 radical (unpaired) electrons. The summed E-state index contributed by atoms with van der Waals surface area (Å²) in [6.07, 6.45) is 7.32. The molecule has 115 valence electrons. The predicted octanol–water partition coefficient (Wildman–Crippen LogP) is 3.14. The standard InChI is InChI=1S/C14H24O4.O.V/c1-3-5-7-9-11-13(15)17-18-14(16)12-10-8-6-4-2;;/h3-11H2,1-2H3;;. The van der Waals surface area contributed by atoms with Crippen LogP contribution in [0.15, 0.2) is 0 Å². The summed E-state index contributed by atoms with van der Waals surface area (Å²) in [5.41, 5.74) is 0. The Hall–Kier alpha value is -0.806. The van der Waals surface area contributed by atoms with Crippen LogP contribution < -0.4 is 0 Å².